The molecule has 2 rings (SSSR count). The van der Waals surface area contributed by atoms with Crippen LogP contribution >= 0.6 is 0 Å². The molecule has 5 N–H and O–H groups in total. The summed E-state index contributed by atoms with van der Waals surface area (Å²) in [4.78, 5) is 7.37. The average Bonchev–Trinajstić information content (AvgIpc) is 2.33. The summed E-state index contributed by atoms with van der Waals surface area (Å²) in [5.41, 5.74) is 6.42. The molecular formula is C12H14N4O4S. The van der Waals surface area contributed by atoms with E-state index in [1.807, 2.05) is 0 Å². The van der Waals surface area contributed by atoms with Gasteiger partial charge in [-0.1, -0.05) is 0 Å². The Balaban J connectivity index is 2.46. The van der Waals surface area contributed by atoms with Crippen LogP contribution in [0.5, 0.6) is 11.5 Å². The molecule has 0 aliphatic rings. The fourth-order valence-corrected chi connectivity index (χ4v) is 2.78. The van der Waals surface area contributed by atoms with E-state index in [4.69, 9.17) is 5.73 Å². The van der Waals surface area contributed by atoms with Crippen molar-refractivity contribution < 1.29 is 18.6 Å². The molecule has 1 aromatic carbocycles. The van der Waals surface area contributed by atoms with Crippen LogP contribution in [0.15, 0.2) is 23.1 Å². The van der Waals surface area contributed by atoms with Gasteiger partial charge in [0.2, 0.25) is 5.95 Å². The molecule has 0 spiro atoms. The quantitative estimate of drug-likeness (QED) is 0.487. The van der Waals surface area contributed by atoms with Crippen LogP contribution in [0, 0.1) is 13.8 Å². The molecule has 2 aromatic rings. The molecule has 0 bridgehead atoms. The summed E-state index contributed by atoms with van der Waals surface area (Å²) in [6, 6.07) is 3.94. The lowest BCUT2D eigenvalue weighted by Gasteiger charge is -2.11. The van der Waals surface area contributed by atoms with Gasteiger partial charge in [-0.25, -0.2) is 23.1 Å². The number of benzene rings is 1. The van der Waals surface area contributed by atoms with E-state index in [1.165, 1.54) is 6.07 Å². The minimum absolute atomic E-state index is 0.122. The number of sulfonamides is 1. The molecule has 0 fully saturated rings. The number of aromatic hydroxyl groups is 2. The number of hydrogen-bond acceptors (Lipinski definition) is 7. The predicted molar refractivity (Wildman–Crippen MR) is 76.5 cm³/mol. The third-order valence-electron chi connectivity index (χ3n) is 2.64. The van der Waals surface area contributed by atoms with Crippen molar-refractivity contribution in [1.82, 2.24) is 9.97 Å². The summed E-state index contributed by atoms with van der Waals surface area (Å²) >= 11 is 0. The van der Waals surface area contributed by atoms with Crippen LogP contribution in [0.1, 0.15) is 11.4 Å². The fourth-order valence-electron chi connectivity index (χ4n) is 1.74. The number of anilines is 2. The molecule has 112 valence electrons. The zero-order valence-corrected chi connectivity index (χ0v) is 12.1. The summed E-state index contributed by atoms with van der Waals surface area (Å²) < 4.78 is 26.6. The van der Waals surface area contributed by atoms with E-state index in [0.29, 0.717) is 11.4 Å². The fraction of sp³-hybridized carbons (Fsp3) is 0.167. The first-order valence-electron chi connectivity index (χ1n) is 5.86. The first kappa shape index (κ1) is 14.9. The van der Waals surface area contributed by atoms with Crippen LogP contribution in [0.2, 0.25) is 0 Å². The van der Waals surface area contributed by atoms with Gasteiger partial charge in [-0.15, -0.1) is 0 Å². The minimum Gasteiger partial charge on any atom is -0.503 e. The van der Waals surface area contributed by atoms with Crippen molar-refractivity contribution >= 4 is 21.7 Å². The lowest BCUT2D eigenvalue weighted by molar-refractivity contribution is 0.395. The van der Waals surface area contributed by atoms with Gasteiger partial charge >= 0.3 is 0 Å². The van der Waals surface area contributed by atoms with E-state index in [-0.39, 0.29) is 11.6 Å². The molecule has 0 amide bonds. The number of aromatic nitrogens is 2. The van der Waals surface area contributed by atoms with Gasteiger partial charge in [0.05, 0.1) is 5.69 Å². The van der Waals surface area contributed by atoms with E-state index in [2.05, 4.69) is 14.7 Å². The summed E-state index contributed by atoms with van der Waals surface area (Å²) in [5, 5.41) is 19.2. The number of aryl methyl sites for hydroxylation is 2. The Bertz CT molecular complexity index is 785. The molecule has 0 aliphatic heterocycles. The molecule has 0 radical (unpaired) electrons. The molecule has 0 saturated heterocycles. The topological polar surface area (TPSA) is 138 Å². The SMILES string of the molecule is Cc1cc(C)nc(NS(=O)(=O)c2ccc(N)c(O)c2O)n1. The highest BCUT2D eigenvalue weighted by molar-refractivity contribution is 7.92. The molecule has 0 unspecified atom stereocenters. The average molecular weight is 310 g/mol. The Morgan fingerprint density at radius 2 is 1.67 bits per heavy atom. The normalized spacial score (nSPS) is 11.3. The maximum Gasteiger partial charge on any atom is 0.268 e. The number of phenolic OH excluding ortho intramolecular Hbond substituents is 2. The second-order valence-corrected chi connectivity index (χ2v) is 6.08. The van der Waals surface area contributed by atoms with Crippen LogP contribution in [-0.2, 0) is 10.0 Å². The van der Waals surface area contributed by atoms with Crippen molar-refractivity contribution in [2.45, 2.75) is 18.7 Å². The first-order valence-corrected chi connectivity index (χ1v) is 7.34. The summed E-state index contributed by atoms with van der Waals surface area (Å²) in [6.45, 7) is 3.39. The van der Waals surface area contributed by atoms with E-state index in [1.54, 1.807) is 19.9 Å². The van der Waals surface area contributed by atoms with Crippen LogP contribution in [0.25, 0.3) is 0 Å². The van der Waals surface area contributed by atoms with Gasteiger partial charge in [0.15, 0.2) is 11.5 Å². The molecule has 0 aliphatic carbocycles. The zero-order valence-electron chi connectivity index (χ0n) is 11.3. The van der Waals surface area contributed by atoms with E-state index < -0.39 is 26.4 Å². The Morgan fingerprint density at radius 3 is 2.24 bits per heavy atom. The molecule has 1 heterocycles. The lowest BCUT2D eigenvalue weighted by atomic mass is 10.3. The number of rotatable bonds is 3. The van der Waals surface area contributed by atoms with Crippen molar-refractivity contribution in [2.75, 3.05) is 10.5 Å². The Hall–Kier alpha value is -2.55. The number of nitrogens with one attached hydrogen (secondary N) is 1. The van der Waals surface area contributed by atoms with Crippen LogP contribution in [0.4, 0.5) is 11.6 Å². The Kier molecular flexibility index (Phi) is 3.60. The Labute approximate surface area is 121 Å². The van der Waals surface area contributed by atoms with Gasteiger partial charge in [0, 0.05) is 11.4 Å². The zero-order chi connectivity index (χ0) is 15.8. The second kappa shape index (κ2) is 5.09. The monoisotopic (exact) mass is 310 g/mol. The molecule has 1 aromatic heterocycles. The van der Waals surface area contributed by atoms with E-state index in [9.17, 15) is 18.6 Å². The van der Waals surface area contributed by atoms with Gasteiger partial charge in [0.1, 0.15) is 4.90 Å². The molecule has 9 heteroatoms. The minimum atomic E-state index is -4.16. The van der Waals surface area contributed by atoms with Crippen molar-refractivity contribution in [3.63, 3.8) is 0 Å². The number of phenols is 2. The lowest BCUT2D eigenvalue weighted by Crippen LogP contribution is -2.16. The smallest absolute Gasteiger partial charge is 0.268 e. The van der Waals surface area contributed by atoms with Crippen molar-refractivity contribution in [3.05, 3.63) is 29.6 Å². The number of nitrogens with zero attached hydrogens (tertiary/aromatic N) is 2. The maximum atomic E-state index is 12.2. The first-order chi connectivity index (χ1) is 9.70. The van der Waals surface area contributed by atoms with Crippen molar-refractivity contribution in [3.8, 4) is 11.5 Å². The standard InChI is InChI=1S/C12H14N4O4S/c1-6-5-7(2)15-12(14-6)16-21(19,20)9-4-3-8(13)10(17)11(9)18/h3-5,17-18H,13H2,1-2H3,(H,14,15,16). The van der Waals surface area contributed by atoms with E-state index >= 15 is 0 Å². The molecule has 8 nitrogen and oxygen atoms in total. The molecule has 0 atom stereocenters. The van der Waals surface area contributed by atoms with Gasteiger partial charge in [-0.05, 0) is 32.0 Å². The highest BCUT2D eigenvalue weighted by Gasteiger charge is 2.23. The molecule has 0 saturated carbocycles. The summed E-state index contributed by atoms with van der Waals surface area (Å²) in [6.07, 6.45) is 0. The molecular weight excluding hydrogens is 296 g/mol. The number of nitrogens with two attached hydrogens (primary N) is 1. The number of hydrogen-bond donors (Lipinski definition) is 4. The number of nitrogen functional groups attached to an aromatic ring is 1. The van der Waals surface area contributed by atoms with Crippen molar-refractivity contribution in [1.29, 1.82) is 0 Å². The van der Waals surface area contributed by atoms with Crippen LogP contribution < -0.4 is 10.5 Å². The second-order valence-electron chi connectivity index (χ2n) is 4.43. The highest BCUT2D eigenvalue weighted by atomic mass is 32.2. The van der Waals surface area contributed by atoms with E-state index in [0.717, 1.165) is 6.07 Å². The third kappa shape index (κ3) is 2.97. The predicted octanol–water partition coefficient (Wildman–Crippen LogP) is 0.888. The van der Waals surface area contributed by atoms with Gasteiger partial charge in [-0.3, -0.25) is 0 Å². The van der Waals surface area contributed by atoms with Gasteiger partial charge in [-0.2, -0.15) is 0 Å². The van der Waals surface area contributed by atoms with Crippen LogP contribution in [-0.4, -0.2) is 28.6 Å². The third-order valence-corrected chi connectivity index (χ3v) is 4.00. The van der Waals surface area contributed by atoms with Gasteiger partial charge < -0.3 is 15.9 Å². The summed E-state index contributed by atoms with van der Waals surface area (Å²) in [7, 11) is -4.16. The molecule has 21 heavy (non-hydrogen) atoms. The highest BCUT2D eigenvalue weighted by Crippen LogP contribution is 2.37. The summed E-state index contributed by atoms with van der Waals surface area (Å²) in [5.74, 6) is -1.64. The van der Waals surface area contributed by atoms with Crippen molar-refractivity contribution in [2.24, 2.45) is 0 Å². The maximum absolute atomic E-state index is 12.2. The van der Waals surface area contributed by atoms with Crippen LogP contribution in [0.3, 0.4) is 0 Å². The Morgan fingerprint density at radius 1 is 1.10 bits per heavy atom. The van der Waals surface area contributed by atoms with Gasteiger partial charge in [0.25, 0.3) is 10.0 Å². The largest absolute Gasteiger partial charge is 0.503 e.